The number of phenols is 1. The van der Waals surface area contributed by atoms with Crippen LogP contribution in [0.25, 0.3) is 21.5 Å². The normalized spacial score (nSPS) is 13.1. The van der Waals surface area contributed by atoms with E-state index in [1.165, 1.54) is 19.3 Å². The number of methoxy groups -OCH3 is 1. The summed E-state index contributed by atoms with van der Waals surface area (Å²) < 4.78 is 11.3. The monoisotopic (exact) mass is 457 g/mol. The second-order valence-corrected chi connectivity index (χ2v) is 7.59. The molecule has 2 atom stereocenters. The molecular weight excluding hydrogens is 434 g/mol. The number of amides is 1. The van der Waals surface area contributed by atoms with Crippen molar-refractivity contribution in [1.82, 2.24) is 0 Å². The molecule has 0 aliphatic rings. The number of carbonyl (C=O) groups excluding carboxylic acids is 1. The number of benzene rings is 4. The topological polar surface area (TPSA) is 105 Å². The quantitative estimate of drug-likeness (QED) is 0.310. The van der Waals surface area contributed by atoms with Crippen molar-refractivity contribution in [1.29, 1.82) is 0 Å². The third-order valence-corrected chi connectivity index (χ3v) is 5.50. The molecular formula is C27H23NO6. The van der Waals surface area contributed by atoms with E-state index in [1.54, 1.807) is 36.4 Å². The second kappa shape index (κ2) is 10.1. The zero-order chi connectivity index (χ0) is 24.1. The number of aromatic hydroxyl groups is 1. The van der Waals surface area contributed by atoms with Gasteiger partial charge in [0, 0.05) is 29.5 Å². The van der Waals surface area contributed by atoms with Gasteiger partial charge in [0.25, 0.3) is 0 Å². The average molecular weight is 457 g/mol. The van der Waals surface area contributed by atoms with Crippen molar-refractivity contribution in [3.63, 3.8) is 0 Å². The molecule has 7 nitrogen and oxygen atoms in total. The van der Waals surface area contributed by atoms with Gasteiger partial charge in [0.15, 0.2) is 6.10 Å². The molecule has 4 rings (SSSR count). The van der Waals surface area contributed by atoms with Crippen LogP contribution in [0.4, 0.5) is 10.5 Å². The highest BCUT2D eigenvalue weighted by Gasteiger charge is 2.28. The van der Waals surface area contributed by atoms with E-state index < -0.39 is 24.3 Å². The Morgan fingerprint density at radius 3 is 2.29 bits per heavy atom. The van der Waals surface area contributed by atoms with E-state index in [1.807, 2.05) is 36.4 Å². The summed E-state index contributed by atoms with van der Waals surface area (Å²) in [4.78, 5) is 24.2. The van der Waals surface area contributed by atoms with Gasteiger partial charge in [-0.3, -0.25) is 5.32 Å². The van der Waals surface area contributed by atoms with Gasteiger partial charge in [-0.2, -0.15) is 0 Å². The summed E-state index contributed by atoms with van der Waals surface area (Å²) in [6.45, 7) is 0. The molecule has 172 valence electrons. The number of anilines is 1. The van der Waals surface area contributed by atoms with E-state index in [2.05, 4.69) is 5.32 Å². The third kappa shape index (κ3) is 4.84. The summed E-state index contributed by atoms with van der Waals surface area (Å²) in [5.74, 6) is -1.08. The fourth-order valence-electron chi connectivity index (χ4n) is 3.93. The molecule has 0 saturated heterocycles. The summed E-state index contributed by atoms with van der Waals surface area (Å²) in [6.07, 6.45) is -0.372. The molecule has 4 aromatic rings. The maximum absolute atomic E-state index is 13.0. The first-order valence-corrected chi connectivity index (χ1v) is 10.6. The molecule has 0 unspecified atom stereocenters. The van der Waals surface area contributed by atoms with Crippen LogP contribution in [0.2, 0.25) is 0 Å². The molecule has 0 radical (unpaired) electrons. The third-order valence-electron chi connectivity index (χ3n) is 5.50. The van der Waals surface area contributed by atoms with Crippen molar-refractivity contribution in [2.24, 2.45) is 0 Å². The first-order valence-electron chi connectivity index (χ1n) is 10.6. The number of fused-ring (bicyclic) bond motifs is 2. The number of rotatable bonds is 7. The first kappa shape index (κ1) is 22.8. The van der Waals surface area contributed by atoms with Crippen molar-refractivity contribution in [2.45, 2.75) is 12.2 Å². The van der Waals surface area contributed by atoms with Gasteiger partial charge in [-0.1, -0.05) is 66.7 Å². The van der Waals surface area contributed by atoms with Crippen LogP contribution in [0.5, 0.6) is 5.75 Å². The van der Waals surface area contributed by atoms with E-state index >= 15 is 0 Å². The van der Waals surface area contributed by atoms with Gasteiger partial charge < -0.3 is 19.7 Å². The van der Waals surface area contributed by atoms with Crippen molar-refractivity contribution >= 4 is 39.3 Å². The highest BCUT2D eigenvalue weighted by molar-refractivity contribution is 6.00. The van der Waals surface area contributed by atoms with Crippen molar-refractivity contribution in [3.05, 3.63) is 96.6 Å². The Hall–Kier alpha value is -4.36. The summed E-state index contributed by atoms with van der Waals surface area (Å²) in [6, 6.07) is 23.4. The number of carbonyl (C=O) groups is 2. The Kier molecular flexibility index (Phi) is 6.75. The fourth-order valence-corrected chi connectivity index (χ4v) is 3.93. The second-order valence-electron chi connectivity index (χ2n) is 7.59. The molecule has 3 N–H and O–H groups in total. The van der Waals surface area contributed by atoms with Crippen molar-refractivity contribution in [2.75, 3.05) is 12.4 Å². The molecule has 4 aromatic carbocycles. The number of phenolic OH excluding ortho intramolecular Hbond substituents is 1. The minimum Gasteiger partial charge on any atom is -0.507 e. The number of hydrogen-bond acceptors (Lipinski definition) is 5. The molecule has 0 aliphatic carbocycles. The van der Waals surface area contributed by atoms with Crippen LogP contribution in [0.15, 0.2) is 91.0 Å². The van der Waals surface area contributed by atoms with Crippen LogP contribution in [-0.4, -0.2) is 35.5 Å². The van der Waals surface area contributed by atoms with Crippen LogP contribution in [0.3, 0.4) is 0 Å². The predicted molar refractivity (Wildman–Crippen MR) is 130 cm³/mol. The highest BCUT2D eigenvalue weighted by Crippen LogP contribution is 2.35. The smallest absolute Gasteiger partial charge is 0.412 e. The molecule has 0 aromatic heterocycles. The Balaban J connectivity index is 1.72. The molecule has 0 saturated carbocycles. The van der Waals surface area contributed by atoms with Gasteiger partial charge in [0.05, 0.1) is 5.69 Å². The lowest BCUT2D eigenvalue weighted by atomic mass is 9.96. The Morgan fingerprint density at radius 2 is 1.56 bits per heavy atom. The van der Waals surface area contributed by atoms with Crippen LogP contribution in [0.1, 0.15) is 11.7 Å². The SMILES string of the molecule is CO[C@H](/C=C/C(=O)O)[C@H](OC(=O)Nc1cccc2ccccc12)c1ccc(O)c2ccccc12. The summed E-state index contributed by atoms with van der Waals surface area (Å²) in [7, 11) is 1.40. The van der Waals surface area contributed by atoms with E-state index in [0.717, 1.165) is 16.8 Å². The van der Waals surface area contributed by atoms with Gasteiger partial charge in [-0.05, 0) is 29.0 Å². The number of carboxylic acids is 1. The average Bonchev–Trinajstić information content (AvgIpc) is 2.84. The summed E-state index contributed by atoms with van der Waals surface area (Å²) in [5, 5.41) is 25.2. The summed E-state index contributed by atoms with van der Waals surface area (Å²) >= 11 is 0. The lowest BCUT2D eigenvalue weighted by Gasteiger charge is -2.26. The minimum absolute atomic E-state index is 0.0772. The van der Waals surface area contributed by atoms with Crippen LogP contribution >= 0.6 is 0 Å². The molecule has 0 spiro atoms. The molecule has 0 aliphatic heterocycles. The van der Waals surface area contributed by atoms with Crippen molar-refractivity contribution in [3.8, 4) is 5.75 Å². The zero-order valence-electron chi connectivity index (χ0n) is 18.3. The minimum atomic E-state index is -1.16. The number of nitrogens with one attached hydrogen (secondary N) is 1. The van der Waals surface area contributed by atoms with E-state index in [0.29, 0.717) is 22.0 Å². The number of ether oxygens (including phenoxy) is 2. The first-order chi connectivity index (χ1) is 16.5. The molecule has 34 heavy (non-hydrogen) atoms. The zero-order valence-corrected chi connectivity index (χ0v) is 18.3. The number of carboxylic acid groups (broad SMARTS) is 1. The molecule has 0 bridgehead atoms. The number of aliphatic carboxylic acids is 1. The maximum Gasteiger partial charge on any atom is 0.412 e. The van der Waals surface area contributed by atoms with E-state index in [-0.39, 0.29) is 5.75 Å². The van der Waals surface area contributed by atoms with Gasteiger partial charge in [-0.25, -0.2) is 9.59 Å². The highest BCUT2D eigenvalue weighted by atomic mass is 16.6. The van der Waals surface area contributed by atoms with Gasteiger partial charge in [0.2, 0.25) is 0 Å². The van der Waals surface area contributed by atoms with Crippen LogP contribution < -0.4 is 5.32 Å². The molecule has 0 heterocycles. The molecule has 0 fully saturated rings. The molecule has 7 heteroatoms. The van der Waals surface area contributed by atoms with Gasteiger partial charge in [0.1, 0.15) is 11.9 Å². The van der Waals surface area contributed by atoms with Gasteiger partial charge in [-0.15, -0.1) is 0 Å². The fraction of sp³-hybridized carbons (Fsp3) is 0.111. The largest absolute Gasteiger partial charge is 0.507 e. The van der Waals surface area contributed by atoms with Crippen molar-refractivity contribution < 1.29 is 29.3 Å². The van der Waals surface area contributed by atoms with E-state index in [9.17, 15) is 14.7 Å². The maximum atomic E-state index is 13.0. The molecule has 1 amide bonds. The van der Waals surface area contributed by atoms with Gasteiger partial charge >= 0.3 is 12.1 Å². The predicted octanol–water partition coefficient (Wildman–Crippen LogP) is 5.64. The van der Waals surface area contributed by atoms with E-state index in [4.69, 9.17) is 14.6 Å². The Bertz CT molecular complexity index is 1370. The van der Waals surface area contributed by atoms with Crippen LogP contribution in [-0.2, 0) is 14.3 Å². The Labute approximate surface area is 195 Å². The van der Waals surface area contributed by atoms with Crippen LogP contribution in [0, 0.1) is 0 Å². The number of hydrogen-bond donors (Lipinski definition) is 3. The summed E-state index contributed by atoms with van der Waals surface area (Å²) in [5.41, 5.74) is 1.14. The standard InChI is InChI=1S/C27H23NO6/c1-33-24(15-16-25(30)31)26(21-13-14-23(29)20-11-5-4-10-19(20)21)34-27(32)28-22-12-6-8-17-7-2-3-9-18(17)22/h2-16,24,26,29H,1H3,(H,28,32)(H,30,31)/b16-15+/t24-,26-/m1/s1. The lowest BCUT2D eigenvalue weighted by Crippen LogP contribution is -2.27. The lowest BCUT2D eigenvalue weighted by molar-refractivity contribution is -0.131. The Morgan fingerprint density at radius 1 is 0.882 bits per heavy atom.